The predicted octanol–water partition coefficient (Wildman–Crippen LogP) is 5.12. The molecule has 1 rings (SSSR count). The second kappa shape index (κ2) is 20.4. The summed E-state index contributed by atoms with van der Waals surface area (Å²) in [6, 6.07) is 6.14. The summed E-state index contributed by atoms with van der Waals surface area (Å²) >= 11 is 0. The Hall–Kier alpha value is -1.99. The number of methoxy groups -OCH3 is 2. The molecule has 196 valence electrons. The number of hydrogen-bond donors (Lipinski definition) is 1. The van der Waals surface area contributed by atoms with Gasteiger partial charge in [0.15, 0.2) is 11.5 Å². The van der Waals surface area contributed by atoms with Gasteiger partial charge < -0.3 is 24.3 Å². The summed E-state index contributed by atoms with van der Waals surface area (Å²) in [5, 5.41) is 2.97. The Balaban J connectivity index is 0.0000109. The minimum absolute atomic E-state index is 0. The highest BCUT2D eigenvalue weighted by atomic mass is 35.5. The molecule has 1 N–H and O–H groups in total. The lowest BCUT2D eigenvalue weighted by molar-refractivity contribution is -0.141. The monoisotopic (exact) mass is 501 g/mol. The molecule has 34 heavy (non-hydrogen) atoms. The van der Waals surface area contributed by atoms with E-state index >= 15 is 0 Å². The first-order valence-electron chi connectivity index (χ1n) is 12.2. The van der Waals surface area contributed by atoms with Gasteiger partial charge in [-0.15, -0.1) is 12.4 Å². The zero-order valence-corrected chi connectivity index (χ0v) is 22.2. The van der Waals surface area contributed by atoms with Crippen molar-refractivity contribution in [1.82, 2.24) is 5.32 Å². The van der Waals surface area contributed by atoms with Crippen LogP contribution in [-0.2, 0) is 25.5 Å². The maximum atomic E-state index is 12.2. The fraction of sp³-hybridized carbons (Fsp3) is 0.692. The lowest BCUT2D eigenvalue weighted by Crippen LogP contribution is -2.30. The van der Waals surface area contributed by atoms with Crippen LogP contribution in [0.5, 0.6) is 11.5 Å². The first-order chi connectivity index (χ1) is 16.0. The molecule has 0 unspecified atom stereocenters. The molecule has 0 aliphatic heterocycles. The number of nitrogens with one attached hydrogen (secondary N) is 1. The smallest absolute Gasteiger partial charge is 0.302 e. The number of benzene rings is 1. The van der Waals surface area contributed by atoms with Crippen LogP contribution >= 0.6 is 12.4 Å². The Bertz CT molecular complexity index is 685. The van der Waals surface area contributed by atoms with Gasteiger partial charge in [-0.25, -0.2) is 0 Å². The number of ether oxygens (including phenoxy) is 4. The maximum absolute atomic E-state index is 12.2. The Kier molecular flexibility index (Phi) is 19.2. The molecule has 0 aromatic heterocycles. The molecular weight excluding hydrogens is 458 g/mol. The van der Waals surface area contributed by atoms with Crippen molar-refractivity contribution in [3.05, 3.63) is 23.8 Å². The van der Waals surface area contributed by atoms with E-state index < -0.39 is 0 Å². The standard InChI is InChI=1S/C26H43NO6.ClH/c1-21(26(29)27-16-9-10-18-32-22(2)28)12-7-5-6-8-13-23-14-15-24(31-4)25(20-23)33-19-11-17-30-3;/h14-15,20-21H,5-13,16-19H2,1-4H3,(H,27,29);1H/t21-;/m1./s1. The van der Waals surface area contributed by atoms with Gasteiger partial charge in [0.2, 0.25) is 5.91 Å². The number of aryl methyl sites for hydroxylation is 1. The molecular formula is C26H44ClNO6. The molecule has 1 aromatic rings. The summed E-state index contributed by atoms with van der Waals surface area (Å²) in [5.41, 5.74) is 1.25. The van der Waals surface area contributed by atoms with Gasteiger partial charge in [0.05, 0.1) is 20.3 Å². The van der Waals surface area contributed by atoms with Crippen LogP contribution < -0.4 is 14.8 Å². The van der Waals surface area contributed by atoms with Crippen LogP contribution in [0, 0.1) is 5.92 Å². The second-order valence-electron chi connectivity index (χ2n) is 8.37. The van der Waals surface area contributed by atoms with Crippen molar-refractivity contribution in [1.29, 1.82) is 0 Å². The fourth-order valence-electron chi connectivity index (χ4n) is 3.47. The van der Waals surface area contributed by atoms with Crippen molar-refractivity contribution >= 4 is 24.3 Å². The van der Waals surface area contributed by atoms with Crippen molar-refractivity contribution in [2.75, 3.05) is 40.6 Å². The average molecular weight is 502 g/mol. The lowest BCUT2D eigenvalue weighted by Gasteiger charge is -2.13. The number of esters is 1. The largest absolute Gasteiger partial charge is 0.493 e. The van der Waals surface area contributed by atoms with E-state index in [1.165, 1.54) is 12.5 Å². The molecule has 0 saturated carbocycles. The number of rotatable bonds is 19. The summed E-state index contributed by atoms with van der Waals surface area (Å²) in [6.07, 6.45) is 8.76. The maximum Gasteiger partial charge on any atom is 0.302 e. The highest BCUT2D eigenvalue weighted by Crippen LogP contribution is 2.29. The van der Waals surface area contributed by atoms with E-state index in [-0.39, 0.29) is 30.2 Å². The van der Waals surface area contributed by atoms with Crippen molar-refractivity contribution in [3.63, 3.8) is 0 Å². The van der Waals surface area contributed by atoms with E-state index in [1.54, 1.807) is 14.2 Å². The Morgan fingerprint density at radius 3 is 2.38 bits per heavy atom. The number of carbonyl (C=O) groups excluding carboxylic acids is 2. The number of amides is 1. The molecule has 0 spiro atoms. The Morgan fingerprint density at radius 1 is 0.912 bits per heavy atom. The number of carbonyl (C=O) groups is 2. The molecule has 0 heterocycles. The lowest BCUT2D eigenvalue weighted by atomic mass is 10.00. The van der Waals surface area contributed by atoms with Gasteiger partial charge in [-0.05, 0) is 49.8 Å². The van der Waals surface area contributed by atoms with E-state index in [9.17, 15) is 9.59 Å². The van der Waals surface area contributed by atoms with Gasteiger partial charge in [0.25, 0.3) is 0 Å². The van der Waals surface area contributed by atoms with E-state index in [4.69, 9.17) is 18.9 Å². The third kappa shape index (κ3) is 15.0. The quantitative estimate of drug-likeness (QED) is 0.209. The molecule has 0 aliphatic carbocycles. The fourth-order valence-corrected chi connectivity index (χ4v) is 3.47. The van der Waals surface area contributed by atoms with Gasteiger partial charge >= 0.3 is 5.97 Å². The van der Waals surface area contributed by atoms with Crippen LogP contribution in [0.4, 0.5) is 0 Å². The molecule has 1 aromatic carbocycles. The van der Waals surface area contributed by atoms with Crippen molar-refractivity contribution < 1.29 is 28.5 Å². The Morgan fingerprint density at radius 2 is 1.68 bits per heavy atom. The van der Waals surface area contributed by atoms with E-state index in [0.717, 1.165) is 69.3 Å². The first-order valence-corrected chi connectivity index (χ1v) is 12.2. The minimum Gasteiger partial charge on any atom is -0.493 e. The molecule has 0 radical (unpaired) electrons. The number of halogens is 1. The van der Waals surface area contributed by atoms with Crippen LogP contribution in [0.2, 0.25) is 0 Å². The summed E-state index contributed by atoms with van der Waals surface area (Å²) in [7, 11) is 3.35. The molecule has 0 aliphatic rings. The third-order valence-electron chi connectivity index (χ3n) is 5.45. The predicted molar refractivity (Wildman–Crippen MR) is 137 cm³/mol. The molecule has 8 heteroatoms. The summed E-state index contributed by atoms with van der Waals surface area (Å²) in [6.45, 7) is 5.72. The van der Waals surface area contributed by atoms with Gasteiger partial charge in [0.1, 0.15) is 0 Å². The summed E-state index contributed by atoms with van der Waals surface area (Å²) < 4.78 is 21.2. The molecule has 0 saturated heterocycles. The zero-order chi connectivity index (χ0) is 24.3. The highest BCUT2D eigenvalue weighted by Gasteiger charge is 2.12. The molecule has 0 bridgehead atoms. The first kappa shape index (κ1) is 32.0. The number of hydrogen-bond acceptors (Lipinski definition) is 6. The molecule has 7 nitrogen and oxygen atoms in total. The summed E-state index contributed by atoms with van der Waals surface area (Å²) in [5.74, 6) is 1.42. The van der Waals surface area contributed by atoms with Gasteiger partial charge in [-0.1, -0.05) is 32.3 Å². The van der Waals surface area contributed by atoms with E-state index in [2.05, 4.69) is 17.4 Å². The highest BCUT2D eigenvalue weighted by molar-refractivity contribution is 5.85. The number of unbranched alkanes of at least 4 members (excludes halogenated alkanes) is 4. The van der Waals surface area contributed by atoms with Gasteiger partial charge in [-0.2, -0.15) is 0 Å². The third-order valence-corrected chi connectivity index (χ3v) is 5.45. The van der Waals surface area contributed by atoms with Crippen LogP contribution in [-0.4, -0.2) is 52.5 Å². The summed E-state index contributed by atoms with van der Waals surface area (Å²) in [4.78, 5) is 22.9. The molecule has 1 atom stereocenters. The second-order valence-corrected chi connectivity index (χ2v) is 8.37. The van der Waals surface area contributed by atoms with Crippen LogP contribution in [0.15, 0.2) is 18.2 Å². The normalized spacial score (nSPS) is 11.3. The van der Waals surface area contributed by atoms with E-state index in [0.29, 0.717) is 26.4 Å². The van der Waals surface area contributed by atoms with E-state index in [1.807, 2.05) is 13.0 Å². The van der Waals surface area contributed by atoms with Crippen molar-refractivity contribution in [2.45, 2.75) is 71.6 Å². The topological polar surface area (TPSA) is 83.1 Å². The SMILES string of the molecule is COCCCOc1cc(CCCCCC[C@@H](C)C(=O)NCCCCOC(C)=O)ccc1OC.Cl. The van der Waals surface area contributed by atoms with Crippen LogP contribution in [0.3, 0.4) is 0 Å². The van der Waals surface area contributed by atoms with Gasteiger partial charge in [0, 0.05) is 39.5 Å². The van der Waals surface area contributed by atoms with Crippen LogP contribution in [0.1, 0.15) is 70.8 Å². The molecule has 0 fully saturated rings. The van der Waals surface area contributed by atoms with Crippen LogP contribution in [0.25, 0.3) is 0 Å². The zero-order valence-electron chi connectivity index (χ0n) is 21.4. The minimum atomic E-state index is -0.260. The van der Waals surface area contributed by atoms with Crippen molar-refractivity contribution in [3.8, 4) is 11.5 Å². The molecule has 1 amide bonds. The Labute approximate surface area is 211 Å². The van der Waals surface area contributed by atoms with Crippen molar-refractivity contribution in [2.24, 2.45) is 5.92 Å². The van der Waals surface area contributed by atoms with Gasteiger partial charge in [-0.3, -0.25) is 9.59 Å². The average Bonchev–Trinajstić information content (AvgIpc) is 2.80.